The maximum Gasteiger partial charge on any atom is -0.0204 e. The molecule has 0 nitrogen and oxygen atoms in total. The van der Waals surface area contributed by atoms with Gasteiger partial charge in [-0.15, -0.1) is 0 Å². The molecule has 72 valence electrons. The summed E-state index contributed by atoms with van der Waals surface area (Å²) in [6.07, 6.45) is 9.58. The lowest BCUT2D eigenvalue weighted by molar-refractivity contribution is 0.500. The Morgan fingerprint density at radius 1 is 1.23 bits per heavy atom. The second-order valence-corrected chi connectivity index (χ2v) is 6.35. The maximum absolute atomic E-state index is 2.43. The third-order valence-corrected chi connectivity index (χ3v) is 5.91. The fraction of sp³-hybridized carbons (Fsp3) is 1.00. The summed E-state index contributed by atoms with van der Waals surface area (Å²) in [7, 11) is 0. The lowest BCUT2D eigenvalue weighted by Gasteiger charge is -2.01. The summed E-state index contributed by atoms with van der Waals surface area (Å²) in [6.45, 7) is 2.43. The average molecular weight is 176 g/mol. The molecule has 0 amide bonds. The quantitative estimate of drug-likeness (QED) is 0.617. The summed E-state index contributed by atoms with van der Waals surface area (Å²) < 4.78 is 0. The van der Waals surface area contributed by atoms with Gasteiger partial charge in [0.1, 0.15) is 0 Å². The standard InChI is InChI=1S/C13H20/c1-8-6-9(8)2-4-11-12-5-3-10-7-13(10,11)12/h8-12H,2-7H2,1H3. The van der Waals surface area contributed by atoms with Gasteiger partial charge < -0.3 is 0 Å². The Hall–Kier alpha value is 0. The van der Waals surface area contributed by atoms with Crippen molar-refractivity contribution >= 4 is 0 Å². The SMILES string of the molecule is CC1CC1CCC1C2CCC3CC312. The van der Waals surface area contributed by atoms with Crippen LogP contribution in [-0.4, -0.2) is 0 Å². The Morgan fingerprint density at radius 2 is 2.08 bits per heavy atom. The first-order valence-electron chi connectivity index (χ1n) is 6.32. The summed E-state index contributed by atoms with van der Waals surface area (Å²) in [5.41, 5.74) is 0.998. The predicted molar refractivity (Wildman–Crippen MR) is 53.3 cm³/mol. The molecule has 0 radical (unpaired) electrons. The molecule has 4 fully saturated rings. The molecular weight excluding hydrogens is 156 g/mol. The van der Waals surface area contributed by atoms with Crippen LogP contribution in [0.4, 0.5) is 0 Å². The van der Waals surface area contributed by atoms with Crippen molar-refractivity contribution in [3.8, 4) is 0 Å². The van der Waals surface area contributed by atoms with Crippen LogP contribution in [0.15, 0.2) is 0 Å². The van der Waals surface area contributed by atoms with E-state index >= 15 is 0 Å². The second kappa shape index (κ2) is 1.99. The minimum Gasteiger partial charge on any atom is -0.0622 e. The highest BCUT2D eigenvalue weighted by Crippen LogP contribution is 2.86. The number of hydrogen-bond donors (Lipinski definition) is 0. The van der Waals surface area contributed by atoms with Crippen molar-refractivity contribution in [1.82, 2.24) is 0 Å². The summed E-state index contributed by atoms with van der Waals surface area (Å²) in [6, 6.07) is 0. The Kier molecular flexibility index (Phi) is 1.12. The molecule has 4 saturated carbocycles. The van der Waals surface area contributed by atoms with Crippen molar-refractivity contribution in [2.45, 2.75) is 45.4 Å². The van der Waals surface area contributed by atoms with Crippen molar-refractivity contribution in [2.75, 3.05) is 0 Å². The van der Waals surface area contributed by atoms with E-state index in [1.165, 1.54) is 17.8 Å². The number of hydrogen-bond acceptors (Lipinski definition) is 0. The van der Waals surface area contributed by atoms with Crippen molar-refractivity contribution in [1.29, 1.82) is 0 Å². The molecule has 6 atom stereocenters. The summed E-state index contributed by atoms with van der Waals surface area (Å²) in [5, 5.41) is 0. The van der Waals surface area contributed by atoms with Gasteiger partial charge in [-0.1, -0.05) is 6.92 Å². The molecule has 1 spiro atoms. The Balaban J connectivity index is 1.35. The molecule has 0 heteroatoms. The molecule has 6 unspecified atom stereocenters. The van der Waals surface area contributed by atoms with Crippen LogP contribution in [-0.2, 0) is 0 Å². The molecular formula is C13H20. The summed E-state index contributed by atoms with van der Waals surface area (Å²) in [4.78, 5) is 0. The van der Waals surface area contributed by atoms with Crippen LogP contribution >= 0.6 is 0 Å². The molecule has 13 heavy (non-hydrogen) atoms. The minimum atomic E-state index is 0.998. The van der Waals surface area contributed by atoms with Gasteiger partial charge in [0.15, 0.2) is 0 Å². The lowest BCUT2D eigenvalue weighted by atomic mass is 10.0. The van der Waals surface area contributed by atoms with Crippen LogP contribution in [0.25, 0.3) is 0 Å². The van der Waals surface area contributed by atoms with Crippen molar-refractivity contribution in [3.63, 3.8) is 0 Å². The zero-order chi connectivity index (χ0) is 8.63. The van der Waals surface area contributed by atoms with E-state index in [-0.39, 0.29) is 0 Å². The lowest BCUT2D eigenvalue weighted by Crippen LogP contribution is -1.90. The first-order chi connectivity index (χ1) is 6.32. The van der Waals surface area contributed by atoms with E-state index in [0.717, 1.165) is 17.3 Å². The molecule has 4 aliphatic carbocycles. The predicted octanol–water partition coefficient (Wildman–Crippen LogP) is 3.47. The van der Waals surface area contributed by atoms with Crippen molar-refractivity contribution in [3.05, 3.63) is 0 Å². The zero-order valence-corrected chi connectivity index (χ0v) is 8.63. The molecule has 0 heterocycles. The van der Waals surface area contributed by atoms with E-state index in [9.17, 15) is 0 Å². The molecule has 0 bridgehead atoms. The molecule has 0 N–H and O–H groups in total. The van der Waals surface area contributed by atoms with Gasteiger partial charge in [0.05, 0.1) is 0 Å². The summed E-state index contributed by atoms with van der Waals surface area (Å²) in [5.74, 6) is 5.91. The second-order valence-electron chi connectivity index (χ2n) is 6.35. The monoisotopic (exact) mass is 176 g/mol. The van der Waals surface area contributed by atoms with E-state index < -0.39 is 0 Å². The van der Waals surface area contributed by atoms with Gasteiger partial charge in [-0.05, 0) is 73.5 Å². The highest BCUT2D eigenvalue weighted by Gasteiger charge is 2.79. The van der Waals surface area contributed by atoms with Crippen LogP contribution in [0.3, 0.4) is 0 Å². The molecule has 0 aromatic rings. The molecule has 0 saturated heterocycles. The Morgan fingerprint density at radius 3 is 2.62 bits per heavy atom. The fourth-order valence-corrected chi connectivity index (χ4v) is 4.79. The van der Waals surface area contributed by atoms with Gasteiger partial charge in [0.25, 0.3) is 0 Å². The van der Waals surface area contributed by atoms with Gasteiger partial charge in [0, 0.05) is 0 Å². The topological polar surface area (TPSA) is 0 Å². The first kappa shape index (κ1) is 7.31. The third kappa shape index (κ3) is 0.789. The van der Waals surface area contributed by atoms with Crippen LogP contribution in [0.5, 0.6) is 0 Å². The van der Waals surface area contributed by atoms with Crippen LogP contribution in [0.2, 0.25) is 0 Å². The Labute approximate surface area is 81.1 Å². The van der Waals surface area contributed by atoms with Gasteiger partial charge >= 0.3 is 0 Å². The van der Waals surface area contributed by atoms with Crippen LogP contribution < -0.4 is 0 Å². The third-order valence-electron chi connectivity index (χ3n) is 5.91. The normalized spacial score (nSPS) is 65.8. The molecule has 4 aliphatic rings. The maximum atomic E-state index is 2.43. The van der Waals surface area contributed by atoms with E-state index in [1.54, 1.807) is 38.5 Å². The highest BCUT2D eigenvalue weighted by atomic mass is 14.8. The minimum absolute atomic E-state index is 0.998. The average Bonchev–Trinajstić information content (AvgIpc) is 3.02. The zero-order valence-electron chi connectivity index (χ0n) is 8.63. The van der Waals surface area contributed by atoms with E-state index in [4.69, 9.17) is 0 Å². The molecule has 0 aromatic carbocycles. The van der Waals surface area contributed by atoms with E-state index in [1.807, 2.05) is 0 Å². The van der Waals surface area contributed by atoms with Gasteiger partial charge in [-0.3, -0.25) is 0 Å². The van der Waals surface area contributed by atoms with Crippen molar-refractivity contribution in [2.24, 2.45) is 35.0 Å². The number of rotatable bonds is 3. The fourth-order valence-electron chi connectivity index (χ4n) is 4.79. The molecule has 0 aliphatic heterocycles. The highest BCUT2D eigenvalue weighted by molar-refractivity contribution is 5.27. The smallest absolute Gasteiger partial charge is 0.0204 e. The van der Waals surface area contributed by atoms with Crippen LogP contribution in [0.1, 0.15) is 45.4 Å². The van der Waals surface area contributed by atoms with Crippen molar-refractivity contribution < 1.29 is 0 Å². The largest absolute Gasteiger partial charge is 0.0622 e. The molecule has 0 aromatic heterocycles. The van der Waals surface area contributed by atoms with Gasteiger partial charge in [0.2, 0.25) is 0 Å². The molecule has 4 rings (SSSR count). The Bertz CT molecular complexity index is 257. The van der Waals surface area contributed by atoms with E-state index in [0.29, 0.717) is 0 Å². The van der Waals surface area contributed by atoms with Gasteiger partial charge in [-0.25, -0.2) is 0 Å². The van der Waals surface area contributed by atoms with Crippen LogP contribution in [0, 0.1) is 35.0 Å². The van der Waals surface area contributed by atoms with E-state index in [2.05, 4.69) is 6.92 Å². The summed E-state index contributed by atoms with van der Waals surface area (Å²) >= 11 is 0. The van der Waals surface area contributed by atoms with Gasteiger partial charge in [-0.2, -0.15) is 0 Å². The first-order valence-corrected chi connectivity index (χ1v) is 6.32.